The number of alkyl halides is 1. The lowest BCUT2D eigenvalue weighted by Gasteiger charge is -2.60. The summed E-state index contributed by atoms with van der Waals surface area (Å²) in [6, 6.07) is 3.40. The van der Waals surface area contributed by atoms with Gasteiger partial charge in [0.2, 0.25) is 5.91 Å². The van der Waals surface area contributed by atoms with E-state index in [1.54, 1.807) is 26.4 Å². The molecule has 0 radical (unpaired) electrons. The molecule has 0 spiro atoms. The lowest BCUT2D eigenvalue weighted by atomic mass is 9.48. The molecule has 0 heterocycles. The van der Waals surface area contributed by atoms with Gasteiger partial charge in [0.1, 0.15) is 0 Å². The number of nitrogens with one attached hydrogen (secondary N) is 1. The van der Waals surface area contributed by atoms with Gasteiger partial charge in [-0.1, -0.05) is 27.5 Å². The van der Waals surface area contributed by atoms with Crippen molar-refractivity contribution in [2.24, 2.45) is 17.3 Å². The summed E-state index contributed by atoms with van der Waals surface area (Å²) in [5, 5.41) is 3.46. The summed E-state index contributed by atoms with van der Waals surface area (Å²) in [4.78, 5) is 12.9. The van der Waals surface area contributed by atoms with Gasteiger partial charge in [-0.2, -0.15) is 0 Å². The number of benzene rings is 1. The summed E-state index contributed by atoms with van der Waals surface area (Å²) >= 11 is 10.3. The zero-order chi connectivity index (χ0) is 18.5. The van der Waals surface area contributed by atoms with Gasteiger partial charge in [0.25, 0.3) is 0 Å². The van der Waals surface area contributed by atoms with E-state index in [1.807, 2.05) is 0 Å². The number of methoxy groups -OCH3 is 2. The van der Waals surface area contributed by atoms with Gasteiger partial charge in [-0.25, -0.2) is 0 Å². The molecule has 6 heteroatoms. The Kier molecular flexibility index (Phi) is 4.67. The average Bonchev–Trinajstić information content (AvgIpc) is 2.53. The molecule has 142 valence electrons. The largest absolute Gasteiger partial charge is 0.493 e. The summed E-state index contributed by atoms with van der Waals surface area (Å²) in [5.74, 6) is 2.69. The second-order valence-corrected chi connectivity index (χ2v) is 10.6. The highest BCUT2D eigenvalue weighted by molar-refractivity contribution is 9.10. The molecule has 1 aromatic carbocycles. The lowest BCUT2D eigenvalue weighted by Crippen LogP contribution is -2.53. The Labute approximate surface area is 168 Å². The Hall–Kier alpha value is -0.940. The number of rotatable bonds is 5. The number of hydrogen-bond donors (Lipinski definition) is 1. The number of ether oxygens (including phenoxy) is 2. The molecule has 1 amide bonds. The van der Waals surface area contributed by atoms with Gasteiger partial charge < -0.3 is 14.8 Å². The molecule has 0 saturated heterocycles. The van der Waals surface area contributed by atoms with E-state index in [-0.39, 0.29) is 15.6 Å². The molecule has 1 aromatic rings. The molecule has 4 bridgehead atoms. The van der Waals surface area contributed by atoms with Crippen molar-refractivity contribution in [3.05, 3.63) is 17.2 Å². The first-order chi connectivity index (χ1) is 12.3. The Bertz CT molecular complexity index is 724. The molecule has 0 aliphatic heterocycles. The van der Waals surface area contributed by atoms with Crippen LogP contribution < -0.4 is 14.8 Å². The summed E-state index contributed by atoms with van der Waals surface area (Å²) < 4.78 is 10.8. The van der Waals surface area contributed by atoms with E-state index < -0.39 is 0 Å². The van der Waals surface area contributed by atoms with E-state index in [0.29, 0.717) is 28.6 Å². The van der Waals surface area contributed by atoms with Crippen LogP contribution in [0.4, 0.5) is 5.69 Å². The highest BCUT2D eigenvalue weighted by Crippen LogP contribution is 2.65. The van der Waals surface area contributed by atoms with Gasteiger partial charge in [0, 0.05) is 22.9 Å². The zero-order valence-corrected chi connectivity index (χ0v) is 17.6. The van der Waals surface area contributed by atoms with Crippen molar-refractivity contribution < 1.29 is 14.3 Å². The molecular weight excluding hydrogens is 418 g/mol. The molecule has 1 N–H and O–H groups in total. The maximum absolute atomic E-state index is 12.9. The highest BCUT2D eigenvalue weighted by atomic mass is 79.9. The Morgan fingerprint density at radius 1 is 1.19 bits per heavy atom. The van der Waals surface area contributed by atoms with Crippen LogP contribution in [0.5, 0.6) is 11.5 Å². The van der Waals surface area contributed by atoms with E-state index in [2.05, 4.69) is 21.2 Å². The summed E-state index contributed by atoms with van der Waals surface area (Å²) in [6.07, 6.45) is 7.94. The van der Waals surface area contributed by atoms with E-state index in [9.17, 15) is 4.79 Å². The number of carbonyl (C=O) groups excluding carboxylic acids is 1. The fourth-order valence-electron chi connectivity index (χ4n) is 6.03. The quantitative estimate of drug-likeness (QED) is 0.619. The van der Waals surface area contributed by atoms with Gasteiger partial charge >= 0.3 is 0 Å². The summed E-state index contributed by atoms with van der Waals surface area (Å²) in [7, 11) is 3.14. The molecule has 4 aliphatic rings. The molecule has 5 rings (SSSR count). The van der Waals surface area contributed by atoms with Crippen molar-refractivity contribution in [2.45, 2.75) is 49.3 Å². The normalized spacial score (nSPS) is 34.6. The molecule has 26 heavy (non-hydrogen) atoms. The molecule has 4 nitrogen and oxygen atoms in total. The van der Waals surface area contributed by atoms with E-state index in [4.69, 9.17) is 21.1 Å². The third kappa shape index (κ3) is 3.33. The number of carbonyl (C=O) groups is 1. The molecular formula is C20H25BrClNO3. The minimum absolute atomic E-state index is 0.0390. The van der Waals surface area contributed by atoms with Crippen molar-refractivity contribution >= 4 is 39.1 Å². The van der Waals surface area contributed by atoms with Crippen molar-refractivity contribution in [3.8, 4) is 11.5 Å². The lowest BCUT2D eigenvalue weighted by molar-refractivity contribution is -0.123. The van der Waals surface area contributed by atoms with Gasteiger partial charge in [-0.15, -0.1) is 0 Å². The highest BCUT2D eigenvalue weighted by Gasteiger charge is 2.57. The van der Waals surface area contributed by atoms with Crippen LogP contribution in [0.25, 0.3) is 0 Å². The SMILES string of the molecule is COc1cc(Cl)c(NC(=O)CC23CC4CC(CC(Br)(C4)C2)C3)cc1OC. The minimum atomic E-state index is 0.0390. The van der Waals surface area contributed by atoms with Gasteiger partial charge in [0.05, 0.1) is 24.9 Å². The number of anilines is 1. The van der Waals surface area contributed by atoms with Gasteiger partial charge in [0.15, 0.2) is 11.5 Å². The average molecular weight is 443 g/mol. The molecule has 4 fully saturated rings. The monoisotopic (exact) mass is 441 g/mol. The third-order valence-corrected chi connectivity index (χ3v) is 7.63. The van der Waals surface area contributed by atoms with Crippen molar-refractivity contribution in [1.82, 2.24) is 0 Å². The zero-order valence-electron chi connectivity index (χ0n) is 15.2. The first-order valence-corrected chi connectivity index (χ1v) is 10.4. The smallest absolute Gasteiger partial charge is 0.224 e. The van der Waals surface area contributed by atoms with E-state index in [1.165, 1.54) is 32.1 Å². The van der Waals surface area contributed by atoms with E-state index in [0.717, 1.165) is 18.3 Å². The first kappa shape index (κ1) is 18.4. The second-order valence-electron chi connectivity index (χ2n) is 8.52. The van der Waals surface area contributed by atoms with Crippen molar-refractivity contribution in [3.63, 3.8) is 0 Å². The first-order valence-electron chi connectivity index (χ1n) is 9.24. The molecule has 4 aliphatic carbocycles. The fourth-order valence-corrected chi connectivity index (χ4v) is 7.74. The fraction of sp³-hybridized carbons (Fsp3) is 0.650. The van der Waals surface area contributed by atoms with Crippen LogP contribution in [0.1, 0.15) is 44.9 Å². The standard InChI is InChI=1S/C20H25BrClNO3/c1-25-16-4-14(22)15(5-17(16)26-2)23-18(24)10-19-6-12-3-13(7-19)9-20(21,8-12)11-19/h4-5,12-13H,3,6-11H2,1-2H3,(H,23,24). The third-order valence-electron chi connectivity index (χ3n) is 6.39. The van der Waals surface area contributed by atoms with Crippen LogP contribution >= 0.6 is 27.5 Å². The molecule has 2 atom stereocenters. The van der Waals surface area contributed by atoms with E-state index >= 15 is 0 Å². The molecule has 4 saturated carbocycles. The number of halogens is 2. The maximum atomic E-state index is 12.9. The molecule has 0 aromatic heterocycles. The van der Waals surface area contributed by atoms with Gasteiger partial charge in [-0.3, -0.25) is 4.79 Å². The van der Waals surface area contributed by atoms with Crippen LogP contribution in [-0.4, -0.2) is 24.5 Å². The summed E-state index contributed by atoms with van der Waals surface area (Å²) in [6.45, 7) is 0. The second kappa shape index (κ2) is 6.59. The predicted octanol–water partition coefficient (Wildman–Crippen LogP) is 5.42. The van der Waals surface area contributed by atoms with Crippen LogP contribution in [0.3, 0.4) is 0 Å². The number of amides is 1. The Morgan fingerprint density at radius 3 is 2.38 bits per heavy atom. The molecule has 2 unspecified atom stereocenters. The predicted molar refractivity (Wildman–Crippen MR) is 107 cm³/mol. The van der Waals surface area contributed by atoms with Crippen molar-refractivity contribution in [1.29, 1.82) is 0 Å². The number of hydrogen-bond acceptors (Lipinski definition) is 3. The van der Waals surface area contributed by atoms with Gasteiger partial charge in [-0.05, 0) is 55.8 Å². The topological polar surface area (TPSA) is 47.6 Å². The van der Waals surface area contributed by atoms with Crippen LogP contribution in [0, 0.1) is 17.3 Å². The summed E-state index contributed by atoms with van der Waals surface area (Å²) in [5.41, 5.74) is 0.716. The Morgan fingerprint density at radius 2 is 1.81 bits per heavy atom. The van der Waals surface area contributed by atoms with Crippen LogP contribution in [0.2, 0.25) is 5.02 Å². The van der Waals surface area contributed by atoms with Crippen molar-refractivity contribution in [2.75, 3.05) is 19.5 Å². The van der Waals surface area contributed by atoms with Crippen LogP contribution in [-0.2, 0) is 4.79 Å². The Balaban J connectivity index is 1.50. The minimum Gasteiger partial charge on any atom is -0.493 e. The van der Waals surface area contributed by atoms with Crippen LogP contribution in [0.15, 0.2) is 12.1 Å². The maximum Gasteiger partial charge on any atom is 0.224 e.